The molecule has 6 nitrogen and oxygen atoms in total. The zero-order valence-corrected chi connectivity index (χ0v) is 16.5. The lowest BCUT2D eigenvalue weighted by Crippen LogP contribution is -2.17. The quantitative estimate of drug-likeness (QED) is 0.413. The second-order valence-corrected chi connectivity index (χ2v) is 8.01. The largest absolute Gasteiger partial charge is 0.285 e. The molecule has 1 aromatic carbocycles. The molecule has 5 rings (SSSR count). The van der Waals surface area contributed by atoms with E-state index in [0.717, 1.165) is 34.8 Å². The summed E-state index contributed by atoms with van der Waals surface area (Å²) in [5, 5.41) is 4.25. The van der Waals surface area contributed by atoms with E-state index in [1.165, 1.54) is 23.4 Å². The van der Waals surface area contributed by atoms with Gasteiger partial charge < -0.3 is 0 Å². The van der Waals surface area contributed by atoms with Crippen LogP contribution in [0.4, 0.5) is 0 Å². The van der Waals surface area contributed by atoms with Crippen LogP contribution >= 0.6 is 11.3 Å². The first-order valence-corrected chi connectivity index (χ1v) is 10.4. The van der Waals surface area contributed by atoms with E-state index in [1.807, 2.05) is 30.3 Å². The average Bonchev–Trinajstić information content (AvgIpc) is 3.31. The summed E-state index contributed by atoms with van der Waals surface area (Å²) >= 11 is 1.76. The first-order valence-electron chi connectivity index (χ1n) is 9.63. The number of rotatable bonds is 4. The molecular weight excluding hydrogens is 382 g/mol. The van der Waals surface area contributed by atoms with Gasteiger partial charge in [-0.25, -0.2) is 10.4 Å². The number of hydrazone groups is 1. The highest BCUT2D eigenvalue weighted by Gasteiger charge is 2.22. The zero-order valence-electron chi connectivity index (χ0n) is 15.7. The van der Waals surface area contributed by atoms with Gasteiger partial charge in [0.15, 0.2) is 4.96 Å². The molecule has 7 heteroatoms. The highest BCUT2D eigenvalue weighted by Crippen LogP contribution is 2.34. The first kappa shape index (κ1) is 17.8. The van der Waals surface area contributed by atoms with Crippen molar-refractivity contribution < 1.29 is 4.79 Å². The molecule has 29 heavy (non-hydrogen) atoms. The van der Waals surface area contributed by atoms with Crippen LogP contribution in [0.3, 0.4) is 0 Å². The number of thiazole rings is 1. The summed E-state index contributed by atoms with van der Waals surface area (Å²) in [6, 6.07) is 13.4. The molecule has 0 saturated heterocycles. The highest BCUT2D eigenvalue weighted by molar-refractivity contribution is 7.17. The molecule has 0 unspecified atom stereocenters. The normalized spacial score (nSPS) is 13.7. The SMILES string of the molecule is O=C(NN=Cc1c(-c2ccccc2)nc2sc3c(n12)CCCC3)c1ccncc1. The van der Waals surface area contributed by atoms with Gasteiger partial charge in [-0.1, -0.05) is 30.3 Å². The Morgan fingerprint density at radius 2 is 1.90 bits per heavy atom. The number of nitrogens with one attached hydrogen (secondary N) is 1. The number of benzene rings is 1. The van der Waals surface area contributed by atoms with E-state index < -0.39 is 0 Å². The molecule has 1 amide bonds. The van der Waals surface area contributed by atoms with Crippen LogP contribution in [0.1, 0.15) is 39.5 Å². The Morgan fingerprint density at radius 3 is 2.72 bits per heavy atom. The van der Waals surface area contributed by atoms with Crippen molar-refractivity contribution in [3.63, 3.8) is 0 Å². The summed E-state index contributed by atoms with van der Waals surface area (Å²) < 4.78 is 2.21. The van der Waals surface area contributed by atoms with E-state index in [0.29, 0.717) is 5.56 Å². The van der Waals surface area contributed by atoms with Gasteiger partial charge in [-0.2, -0.15) is 5.10 Å². The lowest BCUT2D eigenvalue weighted by Gasteiger charge is -2.11. The van der Waals surface area contributed by atoms with Gasteiger partial charge in [0.1, 0.15) is 0 Å². The van der Waals surface area contributed by atoms with Gasteiger partial charge in [-0.05, 0) is 37.8 Å². The van der Waals surface area contributed by atoms with Gasteiger partial charge in [-0.15, -0.1) is 11.3 Å². The summed E-state index contributed by atoms with van der Waals surface area (Å²) in [4.78, 5) is 23.5. The molecule has 0 spiro atoms. The summed E-state index contributed by atoms with van der Waals surface area (Å²) in [5.74, 6) is -0.266. The van der Waals surface area contributed by atoms with Crippen LogP contribution in [0.5, 0.6) is 0 Å². The molecule has 0 aliphatic heterocycles. The zero-order chi connectivity index (χ0) is 19.6. The molecule has 1 aliphatic carbocycles. The number of hydrogen-bond donors (Lipinski definition) is 1. The van der Waals surface area contributed by atoms with Crippen LogP contribution < -0.4 is 5.43 Å². The third kappa shape index (κ3) is 3.34. The molecule has 0 radical (unpaired) electrons. The molecule has 0 bridgehead atoms. The minimum atomic E-state index is -0.266. The van der Waals surface area contributed by atoms with E-state index >= 15 is 0 Å². The molecule has 4 aromatic rings. The Bertz CT molecular complexity index is 1190. The summed E-state index contributed by atoms with van der Waals surface area (Å²) in [6.07, 6.45) is 9.46. The van der Waals surface area contributed by atoms with E-state index in [2.05, 4.69) is 19.9 Å². The molecule has 0 fully saturated rings. The van der Waals surface area contributed by atoms with Crippen LogP contribution in [0, 0.1) is 0 Å². The van der Waals surface area contributed by atoms with E-state index in [1.54, 1.807) is 42.1 Å². The predicted molar refractivity (Wildman–Crippen MR) is 114 cm³/mol. The molecule has 1 aliphatic rings. The monoisotopic (exact) mass is 401 g/mol. The number of carbonyl (C=O) groups excluding carboxylic acids is 1. The number of fused-ring (bicyclic) bond motifs is 3. The molecule has 3 aromatic heterocycles. The van der Waals surface area contributed by atoms with E-state index in [-0.39, 0.29) is 5.91 Å². The second kappa shape index (κ2) is 7.60. The third-order valence-electron chi connectivity index (χ3n) is 5.10. The fraction of sp³-hybridized carbons (Fsp3) is 0.182. The number of hydrogen-bond acceptors (Lipinski definition) is 5. The van der Waals surface area contributed by atoms with Crippen molar-refractivity contribution in [1.82, 2.24) is 19.8 Å². The maximum atomic E-state index is 12.3. The molecule has 0 atom stereocenters. The maximum Gasteiger partial charge on any atom is 0.271 e. The molecule has 0 saturated carbocycles. The van der Waals surface area contributed by atoms with Crippen molar-refractivity contribution in [2.45, 2.75) is 25.7 Å². The summed E-state index contributed by atoms with van der Waals surface area (Å²) in [5.41, 5.74) is 7.29. The highest BCUT2D eigenvalue weighted by atomic mass is 32.1. The minimum Gasteiger partial charge on any atom is -0.285 e. The fourth-order valence-electron chi connectivity index (χ4n) is 3.71. The van der Waals surface area contributed by atoms with Crippen LogP contribution in [0.25, 0.3) is 16.2 Å². The number of aromatic nitrogens is 3. The number of aryl methyl sites for hydroxylation is 2. The van der Waals surface area contributed by atoms with Crippen molar-refractivity contribution in [1.29, 1.82) is 0 Å². The van der Waals surface area contributed by atoms with Gasteiger partial charge in [0, 0.05) is 34.1 Å². The standard InChI is InChI=1S/C22H19N5OS/c28-21(16-10-12-23-13-11-16)26-24-14-18-20(15-6-2-1-3-7-15)25-22-27(18)17-8-4-5-9-19(17)29-22/h1-3,6-7,10-14H,4-5,8-9H2,(H,26,28). The summed E-state index contributed by atoms with van der Waals surface area (Å²) in [7, 11) is 0. The van der Waals surface area contributed by atoms with Crippen molar-refractivity contribution in [2.24, 2.45) is 5.10 Å². The van der Waals surface area contributed by atoms with Gasteiger partial charge in [0.2, 0.25) is 0 Å². The Kier molecular flexibility index (Phi) is 4.65. The lowest BCUT2D eigenvalue weighted by molar-refractivity contribution is 0.0955. The van der Waals surface area contributed by atoms with E-state index in [9.17, 15) is 4.79 Å². The van der Waals surface area contributed by atoms with Crippen LogP contribution in [-0.4, -0.2) is 26.5 Å². The summed E-state index contributed by atoms with van der Waals surface area (Å²) in [6.45, 7) is 0. The van der Waals surface area contributed by atoms with Crippen molar-refractivity contribution >= 4 is 28.4 Å². The third-order valence-corrected chi connectivity index (χ3v) is 6.24. The number of imidazole rings is 1. The van der Waals surface area contributed by atoms with Gasteiger partial charge in [-0.3, -0.25) is 14.2 Å². The average molecular weight is 401 g/mol. The van der Waals surface area contributed by atoms with Crippen LogP contribution in [0.2, 0.25) is 0 Å². The first-order chi connectivity index (χ1) is 14.3. The van der Waals surface area contributed by atoms with Crippen LogP contribution in [0.15, 0.2) is 60.0 Å². The molecule has 144 valence electrons. The van der Waals surface area contributed by atoms with Gasteiger partial charge in [0.25, 0.3) is 5.91 Å². The number of nitrogens with zero attached hydrogens (tertiary/aromatic N) is 4. The Hall–Kier alpha value is -3.32. The number of carbonyl (C=O) groups is 1. The second-order valence-electron chi connectivity index (χ2n) is 6.94. The lowest BCUT2D eigenvalue weighted by atomic mass is 10.0. The fourth-order valence-corrected chi connectivity index (χ4v) is 4.92. The van der Waals surface area contributed by atoms with Crippen molar-refractivity contribution in [3.8, 4) is 11.3 Å². The molecular formula is C22H19N5OS. The maximum absolute atomic E-state index is 12.3. The number of pyridine rings is 1. The van der Waals surface area contributed by atoms with Gasteiger partial charge >= 0.3 is 0 Å². The smallest absolute Gasteiger partial charge is 0.271 e. The minimum absolute atomic E-state index is 0.266. The Balaban J connectivity index is 1.55. The predicted octanol–water partition coefficient (Wildman–Crippen LogP) is 4.10. The van der Waals surface area contributed by atoms with Crippen LogP contribution in [-0.2, 0) is 12.8 Å². The topological polar surface area (TPSA) is 71.7 Å². The Labute approximate surface area is 172 Å². The van der Waals surface area contributed by atoms with Gasteiger partial charge in [0.05, 0.1) is 17.6 Å². The van der Waals surface area contributed by atoms with E-state index in [4.69, 9.17) is 4.98 Å². The molecule has 3 heterocycles. The Morgan fingerprint density at radius 1 is 1.10 bits per heavy atom. The van der Waals surface area contributed by atoms with Crippen molar-refractivity contribution in [2.75, 3.05) is 0 Å². The number of amides is 1. The molecule has 1 N–H and O–H groups in total. The van der Waals surface area contributed by atoms with Crippen molar-refractivity contribution in [3.05, 3.63) is 76.7 Å².